The molecule has 4 aromatic rings. The van der Waals surface area contributed by atoms with Crippen molar-refractivity contribution in [2.75, 3.05) is 51.7 Å². The second kappa shape index (κ2) is 10.7. The van der Waals surface area contributed by atoms with Gasteiger partial charge in [0, 0.05) is 60.0 Å². The molecule has 1 N–H and O–H groups in total. The summed E-state index contributed by atoms with van der Waals surface area (Å²) in [5.41, 5.74) is 2.55. The van der Waals surface area contributed by atoms with E-state index < -0.39 is 11.4 Å². The maximum absolute atomic E-state index is 16.9. The summed E-state index contributed by atoms with van der Waals surface area (Å²) >= 11 is 6.94. The number of hydrogen-bond donors (Lipinski definition) is 1. The van der Waals surface area contributed by atoms with Crippen LogP contribution in [0, 0.1) is 18.2 Å². The van der Waals surface area contributed by atoms with Crippen molar-refractivity contribution in [3.63, 3.8) is 0 Å². The standard InChI is InChI=1S/C33H37ClFN7O2/c1-5-25(43)42-17-32(18-42)11-13-41(14-12-32)30-21-15-23(34)27(26-20(2)7-8-24-22(26)16-36-39-24)28(35)29(21)37-31(38-30)44-33(9-6-10-33)19-40(3)4/h5,7-8,15-16H,1,6,9-14,17-19H2,2-4H3,(H,36,39). The van der Waals surface area contributed by atoms with Gasteiger partial charge in [-0.1, -0.05) is 24.2 Å². The zero-order chi connectivity index (χ0) is 30.8. The lowest BCUT2D eigenvalue weighted by Crippen LogP contribution is -2.61. The van der Waals surface area contributed by atoms with Crippen LogP contribution in [0.15, 0.2) is 37.1 Å². The summed E-state index contributed by atoms with van der Waals surface area (Å²) in [6, 6.07) is 5.85. The van der Waals surface area contributed by atoms with Crippen molar-refractivity contribution in [2.45, 2.75) is 44.6 Å². The van der Waals surface area contributed by atoms with Gasteiger partial charge >= 0.3 is 6.01 Å². The third kappa shape index (κ3) is 4.79. The molecular formula is C33H37ClFN7O2. The topological polar surface area (TPSA) is 90.5 Å². The Hall–Kier alpha value is -3.76. The Labute approximate surface area is 261 Å². The van der Waals surface area contributed by atoms with Gasteiger partial charge in [-0.25, -0.2) is 4.39 Å². The number of aryl methyl sites for hydroxylation is 1. The van der Waals surface area contributed by atoms with Crippen LogP contribution in [0.2, 0.25) is 5.02 Å². The van der Waals surface area contributed by atoms with Crippen LogP contribution < -0.4 is 9.64 Å². The number of carbonyl (C=O) groups excluding carboxylic acids is 1. The molecule has 3 fully saturated rings. The highest BCUT2D eigenvalue weighted by atomic mass is 35.5. The highest BCUT2D eigenvalue weighted by Crippen LogP contribution is 2.46. The number of carbonyl (C=O) groups is 1. The van der Waals surface area contributed by atoms with Crippen molar-refractivity contribution >= 4 is 45.1 Å². The van der Waals surface area contributed by atoms with E-state index in [2.05, 4.69) is 26.6 Å². The molecule has 9 nitrogen and oxygen atoms in total. The number of ether oxygens (including phenoxy) is 1. The number of likely N-dealkylation sites (tertiary alicyclic amines) is 1. The van der Waals surface area contributed by atoms with Crippen molar-refractivity contribution in [3.05, 3.63) is 53.5 Å². The maximum Gasteiger partial charge on any atom is 0.319 e. The molecule has 1 amide bonds. The molecule has 1 saturated carbocycles. The Kier molecular flexibility index (Phi) is 7.05. The Morgan fingerprint density at radius 1 is 1.16 bits per heavy atom. The minimum absolute atomic E-state index is 0.0217. The van der Waals surface area contributed by atoms with Gasteiger partial charge in [0.05, 0.1) is 16.7 Å². The molecular weight excluding hydrogens is 581 g/mol. The van der Waals surface area contributed by atoms with Gasteiger partial charge in [-0.15, -0.1) is 0 Å². The lowest BCUT2D eigenvalue weighted by Gasteiger charge is -2.54. The third-order valence-corrected chi connectivity index (χ3v) is 10.1. The summed E-state index contributed by atoms with van der Waals surface area (Å²) in [6.07, 6.45) is 7.73. The van der Waals surface area contributed by atoms with Crippen LogP contribution in [0.5, 0.6) is 6.01 Å². The molecule has 7 rings (SSSR count). The van der Waals surface area contributed by atoms with Gasteiger partial charge < -0.3 is 19.4 Å². The normalized spacial score (nSPS) is 19.0. The van der Waals surface area contributed by atoms with E-state index in [0.717, 1.165) is 81.3 Å². The number of nitrogens with zero attached hydrogens (tertiary/aromatic N) is 6. The van der Waals surface area contributed by atoms with Gasteiger partial charge in [0.2, 0.25) is 5.91 Å². The molecule has 0 bridgehead atoms. The average molecular weight is 618 g/mol. The van der Waals surface area contributed by atoms with E-state index in [0.29, 0.717) is 27.4 Å². The summed E-state index contributed by atoms with van der Waals surface area (Å²) in [4.78, 5) is 27.9. The number of H-pyrrole nitrogens is 1. The van der Waals surface area contributed by atoms with Crippen molar-refractivity contribution in [1.82, 2.24) is 30.0 Å². The molecule has 2 aromatic carbocycles. The Morgan fingerprint density at radius 2 is 1.91 bits per heavy atom. The van der Waals surface area contributed by atoms with E-state index >= 15 is 4.39 Å². The SMILES string of the molecule is C=CC(=O)N1CC2(CCN(c3nc(OC4(CN(C)C)CCC4)nc4c(F)c(-c5c(C)ccc6[nH]ncc56)c(Cl)cc34)CC2)C1. The number of amides is 1. The van der Waals surface area contributed by atoms with E-state index in [1.165, 1.54) is 6.08 Å². The fourth-order valence-corrected chi connectivity index (χ4v) is 7.61. The smallest absolute Gasteiger partial charge is 0.319 e. The van der Waals surface area contributed by atoms with Crippen LogP contribution in [-0.4, -0.2) is 88.3 Å². The maximum atomic E-state index is 16.9. The van der Waals surface area contributed by atoms with E-state index in [1.807, 2.05) is 38.1 Å². The zero-order valence-electron chi connectivity index (χ0n) is 25.4. The van der Waals surface area contributed by atoms with Crippen molar-refractivity contribution < 1.29 is 13.9 Å². The molecule has 230 valence electrons. The van der Waals surface area contributed by atoms with Crippen LogP contribution in [0.25, 0.3) is 32.9 Å². The van der Waals surface area contributed by atoms with Crippen LogP contribution in [0.4, 0.5) is 10.2 Å². The number of fused-ring (bicyclic) bond motifs is 2. The number of benzene rings is 2. The van der Waals surface area contributed by atoms with E-state index in [4.69, 9.17) is 26.3 Å². The van der Waals surface area contributed by atoms with Crippen LogP contribution in [0.3, 0.4) is 0 Å². The van der Waals surface area contributed by atoms with E-state index in [-0.39, 0.29) is 22.8 Å². The van der Waals surface area contributed by atoms with Crippen LogP contribution in [-0.2, 0) is 4.79 Å². The summed E-state index contributed by atoms with van der Waals surface area (Å²) in [5, 5.41) is 8.81. The minimum Gasteiger partial charge on any atom is -0.455 e. The number of aromatic amines is 1. The number of likely N-dealkylation sites (N-methyl/N-ethyl adjacent to an activating group) is 1. The summed E-state index contributed by atoms with van der Waals surface area (Å²) in [5.74, 6) is 0.105. The molecule has 3 aliphatic rings. The Balaban J connectivity index is 1.32. The first-order chi connectivity index (χ1) is 21.1. The van der Waals surface area contributed by atoms with Crippen molar-refractivity contribution in [1.29, 1.82) is 0 Å². The van der Waals surface area contributed by atoms with E-state index in [9.17, 15) is 4.79 Å². The minimum atomic E-state index is -0.501. The largest absolute Gasteiger partial charge is 0.455 e. The predicted molar refractivity (Wildman–Crippen MR) is 171 cm³/mol. The number of halogens is 2. The molecule has 2 saturated heterocycles. The molecule has 11 heteroatoms. The van der Waals surface area contributed by atoms with Crippen LogP contribution in [0.1, 0.15) is 37.7 Å². The van der Waals surface area contributed by atoms with Gasteiger partial charge in [-0.2, -0.15) is 15.1 Å². The average Bonchev–Trinajstić information content (AvgIpc) is 3.44. The lowest BCUT2D eigenvalue weighted by molar-refractivity contribution is -0.139. The summed E-state index contributed by atoms with van der Waals surface area (Å²) in [6.45, 7) is 9.20. The summed E-state index contributed by atoms with van der Waals surface area (Å²) < 4.78 is 23.5. The highest BCUT2D eigenvalue weighted by Gasteiger charge is 2.47. The quantitative estimate of drug-likeness (QED) is 0.264. The highest BCUT2D eigenvalue weighted by molar-refractivity contribution is 6.35. The van der Waals surface area contributed by atoms with Crippen LogP contribution >= 0.6 is 11.6 Å². The Morgan fingerprint density at radius 3 is 2.57 bits per heavy atom. The number of rotatable bonds is 7. The molecule has 0 unspecified atom stereocenters. The monoisotopic (exact) mass is 617 g/mol. The lowest BCUT2D eigenvalue weighted by atomic mass is 9.72. The molecule has 2 aliphatic heterocycles. The van der Waals surface area contributed by atoms with Crippen molar-refractivity contribution in [3.8, 4) is 17.1 Å². The first-order valence-corrected chi connectivity index (χ1v) is 15.6. The molecule has 4 heterocycles. The molecule has 44 heavy (non-hydrogen) atoms. The number of nitrogens with one attached hydrogen (secondary N) is 1. The molecule has 0 radical (unpaired) electrons. The fraction of sp³-hybridized carbons (Fsp3) is 0.455. The third-order valence-electron chi connectivity index (χ3n) is 9.76. The number of aromatic nitrogens is 4. The second-order valence-corrected chi connectivity index (χ2v) is 13.5. The first-order valence-electron chi connectivity index (χ1n) is 15.2. The van der Waals surface area contributed by atoms with Gasteiger partial charge in [0.15, 0.2) is 5.82 Å². The van der Waals surface area contributed by atoms with Gasteiger partial charge in [0.25, 0.3) is 0 Å². The number of hydrogen-bond acceptors (Lipinski definition) is 7. The fourth-order valence-electron chi connectivity index (χ4n) is 7.33. The number of anilines is 1. The van der Waals surface area contributed by atoms with Gasteiger partial charge in [-0.3, -0.25) is 9.89 Å². The second-order valence-electron chi connectivity index (χ2n) is 13.1. The molecule has 1 aliphatic carbocycles. The first kappa shape index (κ1) is 29.0. The van der Waals surface area contributed by atoms with Gasteiger partial charge in [-0.05, 0) is 76.9 Å². The Bertz CT molecular complexity index is 1780. The van der Waals surface area contributed by atoms with Gasteiger partial charge in [0.1, 0.15) is 16.9 Å². The number of piperidine rings is 1. The summed E-state index contributed by atoms with van der Waals surface area (Å²) in [7, 11) is 4.05. The zero-order valence-corrected chi connectivity index (χ0v) is 26.2. The molecule has 1 spiro atoms. The predicted octanol–water partition coefficient (Wildman–Crippen LogP) is 5.75. The molecule has 0 atom stereocenters. The van der Waals surface area contributed by atoms with E-state index in [1.54, 1.807) is 12.3 Å². The van der Waals surface area contributed by atoms with Crippen molar-refractivity contribution in [2.24, 2.45) is 5.41 Å². The molecule has 2 aromatic heterocycles.